The van der Waals surface area contributed by atoms with Crippen LogP contribution in [0.4, 0.5) is 0 Å². The maximum Gasteiger partial charge on any atom is 0.211 e. The van der Waals surface area contributed by atoms with Crippen LogP contribution in [-0.4, -0.2) is 48.6 Å². The van der Waals surface area contributed by atoms with Gasteiger partial charge in [-0.1, -0.05) is 20.8 Å². The molecule has 0 saturated carbocycles. The molecule has 120 valence electrons. The van der Waals surface area contributed by atoms with Gasteiger partial charge in [-0.3, -0.25) is 11.3 Å². The number of hydrogen-bond acceptors (Lipinski definition) is 5. The predicted molar refractivity (Wildman–Crippen MR) is 87.1 cm³/mol. The third-order valence-corrected chi connectivity index (χ3v) is 6.23. The van der Waals surface area contributed by atoms with E-state index in [0.717, 1.165) is 25.0 Å². The molecule has 7 heteroatoms. The van der Waals surface area contributed by atoms with Crippen molar-refractivity contribution >= 4 is 21.8 Å². The zero-order valence-corrected chi connectivity index (χ0v) is 14.7. The van der Waals surface area contributed by atoms with Crippen molar-refractivity contribution in [3.8, 4) is 0 Å². The topological polar surface area (TPSA) is 75.4 Å². The summed E-state index contributed by atoms with van der Waals surface area (Å²) in [5.41, 5.74) is 2.89. The van der Waals surface area contributed by atoms with Crippen molar-refractivity contribution in [3.63, 3.8) is 0 Å². The third kappa shape index (κ3) is 6.76. The van der Waals surface area contributed by atoms with Crippen LogP contribution in [0.2, 0.25) is 0 Å². The van der Waals surface area contributed by atoms with Crippen molar-refractivity contribution in [2.75, 3.05) is 25.1 Å². The van der Waals surface area contributed by atoms with Crippen LogP contribution in [0.5, 0.6) is 0 Å². The molecule has 0 amide bonds. The normalized spacial score (nSPS) is 23.8. The third-order valence-electron chi connectivity index (χ3n) is 3.52. The Kier molecular flexibility index (Phi) is 6.79. The number of nitrogens with two attached hydrogens (primary N) is 1. The highest BCUT2D eigenvalue weighted by atomic mass is 32.2. The molecule has 0 aromatic rings. The molecular formula is C13H29N3O2S2. The highest BCUT2D eigenvalue weighted by Gasteiger charge is 2.27. The number of sulfonamides is 1. The van der Waals surface area contributed by atoms with Gasteiger partial charge in [0.25, 0.3) is 0 Å². The van der Waals surface area contributed by atoms with Gasteiger partial charge in [-0.05, 0) is 25.2 Å². The minimum atomic E-state index is -3.06. The van der Waals surface area contributed by atoms with E-state index in [1.807, 2.05) is 11.8 Å². The molecule has 0 aromatic heterocycles. The van der Waals surface area contributed by atoms with Gasteiger partial charge in [0, 0.05) is 29.6 Å². The van der Waals surface area contributed by atoms with E-state index in [4.69, 9.17) is 5.84 Å². The zero-order chi connectivity index (χ0) is 15.4. The first-order chi connectivity index (χ1) is 9.12. The molecule has 0 bridgehead atoms. The second-order valence-corrected chi connectivity index (χ2v) is 10.5. The van der Waals surface area contributed by atoms with Crippen LogP contribution < -0.4 is 11.3 Å². The lowest BCUT2D eigenvalue weighted by Gasteiger charge is -2.33. The van der Waals surface area contributed by atoms with Crippen molar-refractivity contribution in [2.45, 2.75) is 50.8 Å². The zero-order valence-electron chi connectivity index (χ0n) is 13.1. The molecule has 2 unspecified atom stereocenters. The number of rotatable bonds is 6. The molecule has 1 fully saturated rings. The molecule has 1 rings (SSSR count). The summed E-state index contributed by atoms with van der Waals surface area (Å²) in [7, 11) is -3.06. The van der Waals surface area contributed by atoms with E-state index in [2.05, 4.69) is 26.2 Å². The lowest BCUT2D eigenvalue weighted by Crippen LogP contribution is -2.44. The second kappa shape index (κ2) is 7.45. The first-order valence-electron chi connectivity index (χ1n) is 7.17. The summed E-state index contributed by atoms with van der Waals surface area (Å²) in [5, 5.41) is 0. The number of piperidine rings is 1. The Morgan fingerprint density at radius 1 is 1.45 bits per heavy atom. The lowest BCUT2D eigenvalue weighted by atomic mass is 9.93. The van der Waals surface area contributed by atoms with E-state index in [1.54, 1.807) is 4.31 Å². The molecule has 20 heavy (non-hydrogen) atoms. The Morgan fingerprint density at radius 2 is 2.10 bits per heavy atom. The average Bonchev–Trinajstić information content (AvgIpc) is 2.32. The van der Waals surface area contributed by atoms with Gasteiger partial charge < -0.3 is 0 Å². The van der Waals surface area contributed by atoms with Gasteiger partial charge in [0.1, 0.15) is 0 Å². The first-order valence-corrected chi connectivity index (χ1v) is 10.0. The Morgan fingerprint density at radius 3 is 2.60 bits per heavy atom. The van der Waals surface area contributed by atoms with Gasteiger partial charge in [0.15, 0.2) is 0 Å². The molecule has 1 saturated heterocycles. The molecule has 0 aliphatic carbocycles. The van der Waals surface area contributed by atoms with E-state index < -0.39 is 10.0 Å². The van der Waals surface area contributed by atoms with Gasteiger partial charge in [-0.2, -0.15) is 11.8 Å². The minimum Gasteiger partial charge on any atom is -0.271 e. The van der Waals surface area contributed by atoms with Crippen molar-refractivity contribution in [1.82, 2.24) is 9.73 Å². The number of hydrazine groups is 1. The van der Waals surface area contributed by atoms with Crippen LogP contribution in [0.25, 0.3) is 0 Å². The summed E-state index contributed by atoms with van der Waals surface area (Å²) in [5.74, 6) is 7.00. The summed E-state index contributed by atoms with van der Waals surface area (Å²) >= 11 is 1.89. The van der Waals surface area contributed by atoms with Crippen molar-refractivity contribution in [3.05, 3.63) is 0 Å². The van der Waals surface area contributed by atoms with Crippen LogP contribution in [-0.2, 0) is 10.0 Å². The van der Waals surface area contributed by atoms with Crippen LogP contribution in [0.3, 0.4) is 0 Å². The van der Waals surface area contributed by atoms with Crippen LogP contribution in [0.15, 0.2) is 0 Å². The first kappa shape index (κ1) is 18.2. The summed E-state index contributed by atoms with van der Waals surface area (Å²) in [6.07, 6.45) is 4.26. The summed E-state index contributed by atoms with van der Waals surface area (Å²) in [4.78, 5) is 0. The summed E-state index contributed by atoms with van der Waals surface area (Å²) < 4.78 is 25.1. The summed E-state index contributed by atoms with van der Waals surface area (Å²) in [6.45, 7) is 7.87. The Balaban J connectivity index is 2.49. The van der Waals surface area contributed by atoms with Gasteiger partial charge in [0.05, 0.1) is 6.26 Å². The molecule has 1 heterocycles. The monoisotopic (exact) mass is 323 g/mol. The fourth-order valence-electron chi connectivity index (χ4n) is 2.46. The van der Waals surface area contributed by atoms with Crippen molar-refractivity contribution in [2.24, 2.45) is 11.8 Å². The van der Waals surface area contributed by atoms with Gasteiger partial charge in [-0.25, -0.2) is 12.7 Å². The van der Waals surface area contributed by atoms with Gasteiger partial charge in [-0.15, -0.1) is 0 Å². The predicted octanol–water partition coefficient (Wildman–Crippen LogP) is 1.41. The molecule has 0 spiro atoms. The highest BCUT2D eigenvalue weighted by Crippen LogP contribution is 2.27. The molecule has 2 atom stereocenters. The molecule has 0 aromatic carbocycles. The fraction of sp³-hybridized carbons (Fsp3) is 1.00. The molecular weight excluding hydrogens is 294 g/mol. The number of nitrogens with one attached hydrogen (secondary N) is 1. The van der Waals surface area contributed by atoms with Gasteiger partial charge in [0.2, 0.25) is 10.0 Å². The van der Waals surface area contributed by atoms with E-state index in [-0.39, 0.29) is 10.8 Å². The highest BCUT2D eigenvalue weighted by molar-refractivity contribution is 8.00. The molecule has 1 aliphatic heterocycles. The van der Waals surface area contributed by atoms with Crippen molar-refractivity contribution in [1.29, 1.82) is 0 Å². The number of nitrogens with zero attached hydrogens (tertiary/aromatic N) is 1. The minimum absolute atomic E-state index is 0.223. The number of hydrogen-bond donors (Lipinski definition) is 2. The molecule has 0 radical (unpaired) electrons. The maximum absolute atomic E-state index is 11.6. The lowest BCUT2D eigenvalue weighted by molar-refractivity contribution is 0.242. The van der Waals surface area contributed by atoms with E-state index in [0.29, 0.717) is 19.0 Å². The maximum atomic E-state index is 11.6. The van der Waals surface area contributed by atoms with E-state index in [1.165, 1.54) is 6.26 Å². The largest absolute Gasteiger partial charge is 0.271 e. The Hall–Kier alpha value is 0.180. The molecule has 1 aliphatic rings. The number of thioether (sulfide) groups is 1. The van der Waals surface area contributed by atoms with Crippen LogP contribution in [0.1, 0.15) is 40.0 Å². The fourth-order valence-corrected chi connectivity index (χ4v) is 4.33. The van der Waals surface area contributed by atoms with E-state index in [9.17, 15) is 8.42 Å². The summed E-state index contributed by atoms with van der Waals surface area (Å²) in [6, 6.07) is 0.240. The second-order valence-electron chi connectivity index (χ2n) is 6.65. The van der Waals surface area contributed by atoms with Crippen molar-refractivity contribution < 1.29 is 8.42 Å². The average molecular weight is 324 g/mol. The van der Waals surface area contributed by atoms with Crippen LogP contribution in [0, 0.1) is 5.92 Å². The Bertz CT molecular complexity index is 393. The van der Waals surface area contributed by atoms with Gasteiger partial charge >= 0.3 is 0 Å². The molecule has 3 N–H and O–H groups in total. The Labute approximate surface area is 128 Å². The SMILES string of the molecule is CC(C)(C)SCC(CC1CCCN(S(C)(=O)=O)C1)NN. The quantitative estimate of drug-likeness (QED) is 0.571. The van der Waals surface area contributed by atoms with E-state index >= 15 is 0 Å². The van der Waals surface area contributed by atoms with Crippen LogP contribution >= 0.6 is 11.8 Å². The standard InChI is InChI=1S/C13H29N3O2S2/c1-13(2,3)19-10-12(15-14)8-11-6-5-7-16(9-11)20(4,17)18/h11-12,15H,5-10,14H2,1-4H3. The molecule has 5 nitrogen and oxygen atoms in total. The smallest absolute Gasteiger partial charge is 0.211 e.